The number of sulfonamides is 1. The van der Waals surface area contributed by atoms with E-state index in [1.165, 1.54) is 4.31 Å². The van der Waals surface area contributed by atoms with Gasteiger partial charge in [0.15, 0.2) is 0 Å². The lowest BCUT2D eigenvalue weighted by Crippen LogP contribution is -2.36. The van der Waals surface area contributed by atoms with Crippen molar-refractivity contribution < 1.29 is 17.9 Å². The summed E-state index contributed by atoms with van der Waals surface area (Å²) in [6, 6.07) is 0. The monoisotopic (exact) mass is 239 g/mol. The van der Waals surface area contributed by atoms with Gasteiger partial charge in [0, 0.05) is 33.9 Å². The second-order valence-corrected chi connectivity index (χ2v) is 5.40. The van der Waals surface area contributed by atoms with Gasteiger partial charge in [-0.25, -0.2) is 8.42 Å². The molecule has 0 rings (SSSR count). The maximum Gasteiger partial charge on any atom is 0.213 e. The molecule has 0 fully saturated rings. The highest BCUT2D eigenvalue weighted by atomic mass is 32.2. The summed E-state index contributed by atoms with van der Waals surface area (Å²) in [6.45, 7) is 3.55. The summed E-state index contributed by atoms with van der Waals surface area (Å²) in [7, 11) is 0.0512. The Bertz CT molecular complexity index is 240. The van der Waals surface area contributed by atoms with Gasteiger partial charge in [-0.1, -0.05) is 0 Å². The Labute approximate surface area is 92.4 Å². The number of ether oxygens (including phenoxy) is 2. The average molecular weight is 239 g/mol. The molecule has 6 heteroatoms. The second kappa shape index (κ2) is 8.04. The first kappa shape index (κ1) is 14.8. The molecule has 0 atom stereocenters. The molecule has 0 saturated carbocycles. The zero-order chi connectivity index (χ0) is 11.7. The van der Waals surface area contributed by atoms with Crippen LogP contribution in [0.3, 0.4) is 0 Å². The number of nitrogens with zero attached hydrogens (tertiary/aromatic N) is 1. The zero-order valence-electron chi connectivity index (χ0n) is 9.73. The van der Waals surface area contributed by atoms with Gasteiger partial charge in [-0.15, -0.1) is 0 Å². The van der Waals surface area contributed by atoms with Crippen LogP contribution in [0.15, 0.2) is 0 Å². The standard InChI is InChI=1S/C9H21NO4S/c1-4-15(11,12)10(7-9-14-3)6-5-8-13-2/h4-9H2,1-3H3. The summed E-state index contributed by atoms with van der Waals surface area (Å²) in [6.07, 6.45) is 0.708. The van der Waals surface area contributed by atoms with Crippen LogP contribution in [-0.4, -0.2) is 59.0 Å². The van der Waals surface area contributed by atoms with Crippen molar-refractivity contribution in [3.63, 3.8) is 0 Å². The van der Waals surface area contributed by atoms with Crippen LogP contribution >= 0.6 is 0 Å². The van der Waals surface area contributed by atoms with Crippen molar-refractivity contribution >= 4 is 10.0 Å². The van der Waals surface area contributed by atoms with Gasteiger partial charge in [-0.2, -0.15) is 4.31 Å². The SMILES string of the molecule is CCS(=O)(=O)N(CCCOC)CCOC. The Kier molecular flexibility index (Phi) is 7.95. The van der Waals surface area contributed by atoms with Crippen molar-refractivity contribution in [1.82, 2.24) is 4.31 Å². The number of hydrogen-bond donors (Lipinski definition) is 0. The van der Waals surface area contributed by atoms with E-state index in [9.17, 15) is 8.42 Å². The fraction of sp³-hybridized carbons (Fsp3) is 1.00. The molecule has 0 aliphatic rings. The fourth-order valence-corrected chi connectivity index (χ4v) is 2.28. The first-order valence-corrected chi connectivity index (χ1v) is 6.65. The van der Waals surface area contributed by atoms with Crippen LogP contribution in [0.2, 0.25) is 0 Å². The summed E-state index contributed by atoms with van der Waals surface area (Å²) >= 11 is 0. The molecule has 0 aliphatic carbocycles. The molecular formula is C9H21NO4S. The lowest BCUT2D eigenvalue weighted by atomic mass is 10.4. The Balaban J connectivity index is 4.18. The molecule has 0 saturated heterocycles. The molecule has 0 amide bonds. The number of rotatable bonds is 9. The molecule has 0 unspecified atom stereocenters. The van der Waals surface area contributed by atoms with Crippen LogP contribution in [0.1, 0.15) is 13.3 Å². The van der Waals surface area contributed by atoms with Crippen molar-refractivity contribution in [3.05, 3.63) is 0 Å². The van der Waals surface area contributed by atoms with E-state index in [0.717, 1.165) is 0 Å². The number of hydrogen-bond acceptors (Lipinski definition) is 4. The van der Waals surface area contributed by atoms with E-state index >= 15 is 0 Å². The predicted octanol–water partition coefficient (Wildman–Crippen LogP) is 0.321. The molecule has 0 aromatic carbocycles. The third kappa shape index (κ3) is 6.09. The van der Waals surface area contributed by atoms with Crippen LogP contribution in [0.4, 0.5) is 0 Å². The Hall–Kier alpha value is -0.170. The molecule has 0 radical (unpaired) electrons. The van der Waals surface area contributed by atoms with Crippen LogP contribution in [0.25, 0.3) is 0 Å². The van der Waals surface area contributed by atoms with E-state index in [-0.39, 0.29) is 5.75 Å². The van der Waals surface area contributed by atoms with Gasteiger partial charge >= 0.3 is 0 Å². The van der Waals surface area contributed by atoms with Gasteiger partial charge in [0.2, 0.25) is 10.0 Å². The Morgan fingerprint density at radius 1 is 1.07 bits per heavy atom. The first-order chi connectivity index (χ1) is 7.08. The summed E-state index contributed by atoms with van der Waals surface area (Å²) in [5, 5.41) is 0. The highest BCUT2D eigenvalue weighted by molar-refractivity contribution is 7.89. The first-order valence-electron chi connectivity index (χ1n) is 5.04. The van der Waals surface area contributed by atoms with Gasteiger partial charge in [-0.3, -0.25) is 0 Å². The summed E-state index contributed by atoms with van der Waals surface area (Å²) in [4.78, 5) is 0. The van der Waals surface area contributed by atoms with E-state index in [2.05, 4.69) is 0 Å². The summed E-state index contributed by atoms with van der Waals surface area (Å²) in [5.41, 5.74) is 0. The minimum atomic E-state index is -3.12. The molecule has 0 aromatic rings. The Morgan fingerprint density at radius 2 is 1.67 bits per heavy atom. The average Bonchev–Trinajstić information content (AvgIpc) is 2.23. The lowest BCUT2D eigenvalue weighted by molar-refractivity contribution is 0.164. The topological polar surface area (TPSA) is 55.8 Å². The summed E-state index contributed by atoms with van der Waals surface area (Å²) < 4.78 is 34.5. The molecule has 0 aliphatic heterocycles. The van der Waals surface area contributed by atoms with E-state index in [1.807, 2.05) is 0 Å². The molecule has 0 bridgehead atoms. The van der Waals surface area contributed by atoms with E-state index in [4.69, 9.17) is 9.47 Å². The van der Waals surface area contributed by atoms with Crippen LogP contribution in [0, 0.1) is 0 Å². The zero-order valence-corrected chi connectivity index (χ0v) is 10.5. The second-order valence-electron chi connectivity index (χ2n) is 3.14. The predicted molar refractivity (Wildman–Crippen MR) is 59.4 cm³/mol. The largest absolute Gasteiger partial charge is 0.385 e. The van der Waals surface area contributed by atoms with Crippen molar-refractivity contribution in [2.24, 2.45) is 0 Å². The van der Waals surface area contributed by atoms with Crippen LogP contribution < -0.4 is 0 Å². The van der Waals surface area contributed by atoms with E-state index < -0.39 is 10.0 Å². The summed E-state index contributed by atoms with van der Waals surface area (Å²) in [5.74, 6) is 0.129. The smallest absolute Gasteiger partial charge is 0.213 e. The van der Waals surface area contributed by atoms with Gasteiger partial charge < -0.3 is 9.47 Å². The molecule has 5 nitrogen and oxygen atoms in total. The van der Waals surface area contributed by atoms with Gasteiger partial charge in [0.05, 0.1) is 12.4 Å². The quantitative estimate of drug-likeness (QED) is 0.544. The van der Waals surface area contributed by atoms with Crippen molar-refractivity contribution in [1.29, 1.82) is 0 Å². The molecule has 0 N–H and O–H groups in total. The van der Waals surface area contributed by atoms with Gasteiger partial charge in [0.25, 0.3) is 0 Å². The molecule has 0 spiro atoms. The van der Waals surface area contributed by atoms with Crippen molar-refractivity contribution in [2.45, 2.75) is 13.3 Å². The fourth-order valence-electron chi connectivity index (χ4n) is 1.15. The highest BCUT2D eigenvalue weighted by Gasteiger charge is 2.18. The maximum atomic E-state index is 11.6. The lowest BCUT2D eigenvalue weighted by Gasteiger charge is -2.20. The van der Waals surface area contributed by atoms with Crippen LogP contribution in [-0.2, 0) is 19.5 Å². The third-order valence-electron chi connectivity index (χ3n) is 2.06. The number of methoxy groups -OCH3 is 2. The highest BCUT2D eigenvalue weighted by Crippen LogP contribution is 2.02. The maximum absolute atomic E-state index is 11.6. The molecular weight excluding hydrogens is 218 g/mol. The van der Waals surface area contributed by atoms with Gasteiger partial charge in [-0.05, 0) is 13.3 Å². The minimum Gasteiger partial charge on any atom is -0.385 e. The van der Waals surface area contributed by atoms with E-state index in [1.54, 1.807) is 21.1 Å². The molecule has 0 aromatic heterocycles. The molecule has 92 valence electrons. The van der Waals surface area contributed by atoms with Crippen molar-refractivity contribution in [2.75, 3.05) is 46.3 Å². The normalized spacial score (nSPS) is 12.3. The van der Waals surface area contributed by atoms with E-state index in [0.29, 0.717) is 32.7 Å². The van der Waals surface area contributed by atoms with Crippen LogP contribution in [0.5, 0.6) is 0 Å². The third-order valence-corrected chi connectivity index (χ3v) is 3.94. The van der Waals surface area contributed by atoms with Crippen molar-refractivity contribution in [3.8, 4) is 0 Å². The molecule has 15 heavy (non-hydrogen) atoms. The Morgan fingerprint density at radius 3 is 2.13 bits per heavy atom. The minimum absolute atomic E-state index is 0.129. The molecule has 0 heterocycles. The van der Waals surface area contributed by atoms with Gasteiger partial charge in [0.1, 0.15) is 0 Å².